The number of carbonyl (C=O) groups is 1. The Labute approximate surface area is 167 Å². The largest absolute Gasteiger partial charge is 0.381 e. The SMILES string of the molecule is C=CCCOCCCCCNC(=O)[C@@H]1NCC[C@@H]1c1ccc(F)c(C2CC2)c1. The van der Waals surface area contributed by atoms with E-state index in [0.717, 1.165) is 75.8 Å². The molecule has 3 rings (SSSR count). The predicted molar refractivity (Wildman–Crippen MR) is 110 cm³/mol. The number of amides is 1. The molecule has 0 radical (unpaired) electrons. The molecule has 0 unspecified atom stereocenters. The molecule has 5 heteroatoms. The van der Waals surface area contributed by atoms with Crippen LogP contribution in [0.1, 0.15) is 67.9 Å². The maximum absolute atomic E-state index is 14.1. The molecule has 1 aromatic carbocycles. The monoisotopic (exact) mass is 388 g/mol. The lowest BCUT2D eigenvalue weighted by Crippen LogP contribution is -2.43. The minimum absolute atomic E-state index is 0.0574. The zero-order valence-electron chi connectivity index (χ0n) is 16.7. The molecule has 2 N–H and O–H groups in total. The van der Waals surface area contributed by atoms with Gasteiger partial charge in [0.25, 0.3) is 0 Å². The first-order valence-electron chi connectivity index (χ1n) is 10.7. The molecule has 4 nitrogen and oxygen atoms in total. The molecule has 2 atom stereocenters. The maximum atomic E-state index is 14.1. The third-order valence-corrected chi connectivity index (χ3v) is 5.70. The minimum Gasteiger partial charge on any atom is -0.381 e. The van der Waals surface area contributed by atoms with Gasteiger partial charge >= 0.3 is 0 Å². The summed E-state index contributed by atoms with van der Waals surface area (Å²) in [5.74, 6) is 0.451. The summed E-state index contributed by atoms with van der Waals surface area (Å²) < 4.78 is 19.5. The molecule has 1 saturated heterocycles. The molecule has 2 aliphatic rings. The molecule has 2 fully saturated rings. The van der Waals surface area contributed by atoms with Gasteiger partial charge in [-0.15, -0.1) is 6.58 Å². The van der Waals surface area contributed by atoms with Crippen molar-refractivity contribution in [1.82, 2.24) is 10.6 Å². The van der Waals surface area contributed by atoms with Gasteiger partial charge < -0.3 is 15.4 Å². The smallest absolute Gasteiger partial charge is 0.237 e. The average molecular weight is 389 g/mol. The highest BCUT2D eigenvalue weighted by molar-refractivity contribution is 5.83. The summed E-state index contributed by atoms with van der Waals surface area (Å²) in [6.07, 6.45) is 8.82. The number of benzene rings is 1. The van der Waals surface area contributed by atoms with E-state index in [4.69, 9.17) is 4.74 Å². The number of hydrogen-bond acceptors (Lipinski definition) is 3. The van der Waals surface area contributed by atoms with Gasteiger partial charge in [-0.3, -0.25) is 4.79 Å². The molecule has 154 valence electrons. The molecule has 1 aromatic rings. The number of unbranched alkanes of at least 4 members (excludes halogenated alkanes) is 2. The summed E-state index contributed by atoms with van der Waals surface area (Å²) in [6.45, 7) is 6.68. The van der Waals surface area contributed by atoms with Crippen molar-refractivity contribution >= 4 is 5.91 Å². The first-order chi connectivity index (χ1) is 13.7. The van der Waals surface area contributed by atoms with Crippen LogP contribution in [-0.2, 0) is 9.53 Å². The van der Waals surface area contributed by atoms with Crippen LogP contribution in [0.5, 0.6) is 0 Å². The van der Waals surface area contributed by atoms with E-state index in [1.807, 2.05) is 18.2 Å². The average Bonchev–Trinajstić information content (AvgIpc) is 3.42. The minimum atomic E-state index is -0.222. The van der Waals surface area contributed by atoms with E-state index in [1.54, 1.807) is 6.07 Å². The molecule has 0 aromatic heterocycles. The first-order valence-corrected chi connectivity index (χ1v) is 10.7. The zero-order chi connectivity index (χ0) is 19.8. The number of carbonyl (C=O) groups excluding carboxylic acids is 1. The van der Waals surface area contributed by atoms with Gasteiger partial charge in [0.1, 0.15) is 5.82 Å². The van der Waals surface area contributed by atoms with Crippen LogP contribution in [0.2, 0.25) is 0 Å². The van der Waals surface area contributed by atoms with Gasteiger partial charge in [-0.25, -0.2) is 4.39 Å². The lowest BCUT2D eigenvalue weighted by molar-refractivity contribution is -0.123. The Balaban J connectivity index is 1.41. The van der Waals surface area contributed by atoms with Crippen LogP contribution in [0.4, 0.5) is 4.39 Å². The van der Waals surface area contributed by atoms with Gasteiger partial charge in [0.15, 0.2) is 0 Å². The Hall–Kier alpha value is -1.72. The molecule has 0 spiro atoms. The third kappa shape index (κ3) is 5.89. The van der Waals surface area contributed by atoms with Crippen molar-refractivity contribution in [3.63, 3.8) is 0 Å². The van der Waals surface area contributed by atoms with E-state index >= 15 is 0 Å². The molecule has 28 heavy (non-hydrogen) atoms. The highest BCUT2D eigenvalue weighted by Crippen LogP contribution is 2.42. The molecule has 0 bridgehead atoms. The molecule has 1 heterocycles. The summed E-state index contributed by atoms with van der Waals surface area (Å²) in [7, 11) is 0. The van der Waals surface area contributed by atoms with E-state index in [9.17, 15) is 9.18 Å². The van der Waals surface area contributed by atoms with Crippen LogP contribution < -0.4 is 10.6 Å². The first kappa shape index (κ1) is 21.0. The summed E-state index contributed by atoms with van der Waals surface area (Å²) in [5, 5.41) is 6.40. The van der Waals surface area contributed by atoms with Gasteiger partial charge in [0, 0.05) is 25.7 Å². The Morgan fingerprint density at radius 3 is 2.89 bits per heavy atom. The van der Waals surface area contributed by atoms with Crippen molar-refractivity contribution in [3.8, 4) is 0 Å². The van der Waals surface area contributed by atoms with Crippen LogP contribution in [-0.4, -0.2) is 38.3 Å². The number of hydrogen-bond donors (Lipinski definition) is 2. The lowest BCUT2D eigenvalue weighted by Gasteiger charge is -2.20. The van der Waals surface area contributed by atoms with Gasteiger partial charge in [-0.1, -0.05) is 18.2 Å². The van der Waals surface area contributed by atoms with E-state index in [-0.39, 0.29) is 23.7 Å². The Bertz CT molecular complexity index is 660. The molecule has 1 saturated carbocycles. The summed E-state index contributed by atoms with van der Waals surface area (Å²) in [5.41, 5.74) is 1.92. The lowest BCUT2D eigenvalue weighted by atomic mass is 9.89. The second kappa shape index (κ2) is 10.7. The van der Waals surface area contributed by atoms with Crippen LogP contribution in [0, 0.1) is 5.82 Å². The fourth-order valence-electron chi connectivity index (χ4n) is 3.93. The Morgan fingerprint density at radius 1 is 1.25 bits per heavy atom. The van der Waals surface area contributed by atoms with Crippen molar-refractivity contribution < 1.29 is 13.9 Å². The number of ether oxygens (including phenoxy) is 1. The second-order valence-electron chi connectivity index (χ2n) is 7.92. The maximum Gasteiger partial charge on any atom is 0.237 e. The number of halogens is 1. The van der Waals surface area contributed by atoms with Crippen molar-refractivity contribution in [2.75, 3.05) is 26.3 Å². The fraction of sp³-hybridized carbons (Fsp3) is 0.609. The van der Waals surface area contributed by atoms with Crippen LogP contribution in [0.25, 0.3) is 0 Å². The van der Waals surface area contributed by atoms with Crippen molar-refractivity contribution in [1.29, 1.82) is 0 Å². The summed E-state index contributed by atoms with van der Waals surface area (Å²) in [4.78, 5) is 12.7. The second-order valence-corrected chi connectivity index (χ2v) is 7.92. The van der Waals surface area contributed by atoms with Crippen molar-refractivity contribution in [3.05, 3.63) is 47.8 Å². The van der Waals surface area contributed by atoms with Gasteiger partial charge in [0.05, 0.1) is 6.04 Å². The number of rotatable bonds is 12. The highest BCUT2D eigenvalue weighted by Gasteiger charge is 2.35. The predicted octanol–water partition coefficient (Wildman–Crippen LogP) is 4.03. The fourth-order valence-corrected chi connectivity index (χ4v) is 3.93. The summed E-state index contributed by atoms with van der Waals surface area (Å²) in [6, 6.07) is 5.20. The van der Waals surface area contributed by atoms with E-state index in [0.29, 0.717) is 12.5 Å². The van der Waals surface area contributed by atoms with Crippen LogP contribution >= 0.6 is 0 Å². The quantitative estimate of drug-likeness (QED) is 0.420. The van der Waals surface area contributed by atoms with Crippen LogP contribution in [0.15, 0.2) is 30.9 Å². The highest BCUT2D eigenvalue weighted by atomic mass is 19.1. The molecular formula is C23H33FN2O2. The Morgan fingerprint density at radius 2 is 2.11 bits per heavy atom. The van der Waals surface area contributed by atoms with E-state index in [2.05, 4.69) is 17.2 Å². The topological polar surface area (TPSA) is 50.4 Å². The standard InChI is InChI=1S/C23H33FN2O2/c1-2-3-14-28-15-6-4-5-12-26-23(27)22-19(11-13-25-22)18-9-10-21(24)20(16-18)17-7-8-17/h2,9-10,16-17,19,22,25H,1,3-8,11-15H2,(H,26,27)/t19-,22-/m1/s1. The molecule has 1 amide bonds. The number of nitrogens with one attached hydrogen (secondary N) is 2. The third-order valence-electron chi connectivity index (χ3n) is 5.70. The zero-order valence-corrected chi connectivity index (χ0v) is 16.7. The van der Waals surface area contributed by atoms with Crippen LogP contribution in [0.3, 0.4) is 0 Å². The molecular weight excluding hydrogens is 355 g/mol. The van der Waals surface area contributed by atoms with Gasteiger partial charge in [-0.2, -0.15) is 0 Å². The van der Waals surface area contributed by atoms with E-state index in [1.165, 1.54) is 0 Å². The molecule has 1 aliphatic carbocycles. The molecule has 1 aliphatic heterocycles. The Kier molecular flexibility index (Phi) is 8.04. The van der Waals surface area contributed by atoms with Crippen molar-refractivity contribution in [2.45, 2.75) is 62.8 Å². The van der Waals surface area contributed by atoms with Gasteiger partial charge in [-0.05, 0) is 74.6 Å². The van der Waals surface area contributed by atoms with Crippen molar-refractivity contribution in [2.24, 2.45) is 0 Å². The normalized spacial score (nSPS) is 21.6. The van der Waals surface area contributed by atoms with Gasteiger partial charge in [0.2, 0.25) is 5.91 Å². The van der Waals surface area contributed by atoms with E-state index < -0.39 is 0 Å². The summed E-state index contributed by atoms with van der Waals surface area (Å²) >= 11 is 0.